The molecule has 10 heteroatoms. The first-order valence-electron chi connectivity index (χ1n) is 6.76. The van der Waals surface area contributed by atoms with Gasteiger partial charge in [-0.15, -0.1) is 9.05 Å². The zero-order valence-corrected chi connectivity index (χ0v) is 12.7. The predicted octanol–water partition coefficient (Wildman–Crippen LogP) is -0.380. The Kier molecular flexibility index (Phi) is 6.62. The van der Waals surface area contributed by atoms with Crippen molar-refractivity contribution in [3.05, 3.63) is 0 Å². The smallest absolute Gasteiger partial charge is 0.394 e. The molecule has 1 N–H and O–H groups in total. The van der Waals surface area contributed by atoms with E-state index in [1.165, 1.54) is 0 Å². The number of hydrogen-bond acceptors (Lipinski definition) is 7. The summed E-state index contributed by atoms with van der Waals surface area (Å²) in [7, 11) is 10.4. The molecule has 114 valence electrons. The van der Waals surface area contributed by atoms with Crippen molar-refractivity contribution in [3.8, 4) is 0 Å². The Bertz CT molecular complexity index is 361. The van der Waals surface area contributed by atoms with E-state index in [4.69, 9.17) is 44.1 Å². The van der Waals surface area contributed by atoms with Gasteiger partial charge in [0.15, 0.2) is 0 Å². The number of methoxy groups -OCH3 is 1. The Morgan fingerprint density at radius 1 is 1.19 bits per heavy atom. The van der Waals surface area contributed by atoms with Crippen molar-refractivity contribution >= 4 is 23.9 Å². The molecule has 0 aromatic rings. The summed E-state index contributed by atoms with van der Waals surface area (Å²) in [6.07, 6.45) is -0.828. The van der Waals surface area contributed by atoms with Crippen molar-refractivity contribution < 1.29 is 32.9 Å². The zero-order valence-electron chi connectivity index (χ0n) is 11.8. The van der Waals surface area contributed by atoms with Gasteiger partial charge >= 0.3 is 8.25 Å². The largest absolute Gasteiger partial charge is 0.697 e. The van der Waals surface area contributed by atoms with Crippen LogP contribution in [0.25, 0.3) is 0 Å². The van der Waals surface area contributed by atoms with Gasteiger partial charge in [-0.2, -0.15) is 0 Å². The Hall–Kier alpha value is -0.0101. The molecule has 2 heterocycles. The van der Waals surface area contributed by atoms with Gasteiger partial charge in [0.05, 0.1) is 12.7 Å². The predicted molar refractivity (Wildman–Crippen MR) is 74.4 cm³/mol. The number of rotatable bonds is 7. The van der Waals surface area contributed by atoms with Crippen molar-refractivity contribution in [2.75, 3.05) is 20.3 Å². The molecule has 4 radical (unpaired) electrons. The molecular formula is C11H18B2O7P+. The van der Waals surface area contributed by atoms with Gasteiger partial charge in [0.1, 0.15) is 40.6 Å². The number of aliphatic hydroxyl groups is 1. The maximum absolute atomic E-state index is 11.8. The summed E-state index contributed by atoms with van der Waals surface area (Å²) < 4.78 is 38.0. The van der Waals surface area contributed by atoms with E-state index in [-0.39, 0.29) is 25.4 Å². The van der Waals surface area contributed by atoms with Gasteiger partial charge < -0.3 is 19.3 Å². The third-order valence-electron chi connectivity index (χ3n) is 3.51. The molecule has 2 saturated heterocycles. The molecule has 7 nitrogen and oxygen atoms in total. The third-order valence-corrected chi connectivity index (χ3v) is 4.31. The Morgan fingerprint density at radius 3 is 2.43 bits per heavy atom. The normalized spacial score (nSPS) is 40.6. The van der Waals surface area contributed by atoms with Gasteiger partial charge in [-0.3, -0.25) is 0 Å². The minimum absolute atomic E-state index is 0.0465. The van der Waals surface area contributed by atoms with E-state index < -0.39 is 32.5 Å². The standard InChI is InChI=1S/C11H18B2O7P/c1-16-6-2-10(12)19-9(6)5-17-21(15)20-7-3-11(13)18-8(7)4-14/h6-11,14H,2-5H2,1H3/q+1/t6-,7-,8-,9-,10-,11-/m1/s1. The highest BCUT2D eigenvalue weighted by atomic mass is 31.1. The third kappa shape index (κ3) is 4.73. The average molecular weight is 315 g/mol. The van der Waals surface area contributed by atoms with E-state index in [1.54, 1.807) is 7.11 Å². The first-order chi connectivity index (χ1) is 10.0. The lowest BCUT2D eigenvalue weighted by Gasteiger charge is -2.14. The molecule has 1 unspecified atom stereocenters. The molecule has 0 aromatic heterocycles. The fourth-order valence-corrected chi connectivity index (χ4v) is 3.21. The van der Waals surface area contributed by atoms with Gasteiger partial charge in [0.25, 0.3) is 0 Å². The molecule has 0 saturated carbocycles. The van der Waals surface area contributed by atoms with Crippen LogP contribution in [-0.2, 0) is 27.8 Å². The summed E-state index contributed by atoms with van der Waals surface area (Å²) in [4.78, 5) is 0. The van der Waals surface area contributed by atoms with Crippen molar-refractivity contribution in [1.29, 1.82) is 0 Å². The van der Waals surface area contributed by atoms with Crippen LogP contribution in [0.2, 0.25) is 0 Å². The highest BCUT2D eigenvalue weighted by molar-refractivity contribution is 7.33. The first-order valence-corrected chi connectivity index (χ1v) is 7.85. The second-order valence-electron chi connectivity index (χ2n) is 5.02. The van der Waals surface area contributed by atoms with E-state index in [1.807, 2.05) is 0 Å². The summed E-state index contributed by atoms with van der Waals surface area (Å²) in [6.45, 7) is -0.210. The maximum atomic E-state index is 11.8. The van der Waals surface area contributed by atoms with Crippen LogP contribution in [-0.4, -0.2) is 77.5 Å². The molecule has 0 aliphatic carbocycles. The molecule has 21 heavy (non-hydrogen) atoms. The fraction of sp³-hybridized carbons (Fsp3) is 1.00. The molecule has 7 atom stereocenters. The van der Waals surface area contributed by atoms with Gasteiger partial charge in [0.2, 0.25) is 0 Å². The first kappa shape index (κ1) is 17.3. The summed E-state index contributed by atoms with van der Waals surface area (Å²) in [5, 5.41) is 9.12. The lowest BCUT2D eigenvalue weighted by atomic mass is 9.96. The van der Waals surface area contributed by atoms with Crippen LogP contribution in [0.4, 0.5) is 0 Å². The van der Waals surface area contributed by atoms with Crippen LogP contribution in [0.15, 0.2) is 0 Å². The maximum Gasteiger partial charge on any atom is 0.697 e. The molecule has 2 aliphatic heterocycles. The van der Waals surface area contributed by atoms with Gasteiger partial charge in [-0.1, -0.05) is 0 Å². The van der Waals surface area contributed by atoms with E-state index in [0.717, 1.165) is 0 Å². The van der Waals surface area contributed by atoms with Gasteiger partial charge in [0, 0.05) is 23.7 Å². The summed E-state index contributed by atoms with van der Waals surface area (Å²) in [6, 6.07) is -0.952. The monoisotopic (exact) mass is 315 g/mol. The SMILES string of the molecule is [B][C@H]1C[C@@H](OC)[C@@H](CO[P+](=O)O[C@@H]2C[C@H]([B])O[C@@H]2CO)O1. The number of ether oxygens (including phenoxy) is 3. The van der Waals surface area contributed by atoms with Crippen LogP contribution in [0.3, 0.4) is 0 Å². The van der Waals surface area contributed by atoms with E-state index >= 15 is 0 Å². The molecule has 0 amide bonds. The van der Waals surface area contributed by atoms with Crippen molar-refractivity contribution in [2.45, 2.75) is 49.3 Å². The second kappa shape index (κ2) is 8.02. The van der Waals surface area contributed by atoms with Crippen LogP contribution in [0.5, 0.6) is 0 Å². The molecule has 0 spiro atoms. The Labute approximate surface area is 127 Å². The summed E-state index contributed by atoms with van der Waals surface area (Å²) in [5.41, 5.74) is 0. The minimum Gasteiger partial charge on any atom is -0.394 e. The molecule has 2 fully saturated rings. The summed E-state index contributed by atoms with van der Waals surface area (Å²) >= 11 is 0. The van der Waals surface area contributed by atoms with Gasteiger partial charge in [-0.05, 0) is 12.8 Å². The quantitative estimate of drug-likeness (QED) is 0.506. The molecule has 0 bridgehead atoms. The molecule has 0 aromatic carbocycles. The van der Waals surface area contributed by atoms with Crippen LogP contribution in [0, 0.1) is 0 Å². The average Bonchev–Trinajstić information content (AvgIpc) is 2.98. The molecule has 2 rings (SSSR count). The van der Waals surface area contributed by atoms with Crippen molar-refractivity contribution in [2.24, 2.45) is 0 Å². The van der Waals surface area contributed by atoms with Crippen molar-refractivity contribution in [1.82, 2.24) is 0 Å². The highest BCUT2D eigenvalue weighted by Gasteiger charge is 2.42. The second-order valence-corrected chi connectivity index (χ2v) is 5.93. The summed E-state index contributed by atoms with van der Waals surface area (Å²) in [5.74, 6) is 0. The number of hydrogen-bond donors (Lipinski definition) is 1. The van der Waals surface area contributed by atoms with Crippen LogP contribution < -0.4 is 0 Å². The van der Waals surface area contributed by atoms with Crippen LogP contribution in [0.1, 0.15) is 12.8 Å². The van der Waals surface area contributed by atoms with Crippen LogP contribution >= 0.6 is 8.25 Å². The number of aliphatic hydroxyl groups excluding tert-OH is 1. The van der Waals surface area contributed by atoms with Crippen molar-refractivity contribution in [3.63, 3.8) is 0 Å². The van der Waals surface area contributed by atoms with Gasteiger partial charge in [-0.25, -0.2) is 0 Å². The highest BCUT2D eigenvalue weighted by Crippen LogP contribution is 2.34. The lowest BCUT2D eigenvalue weighted by Crippen LogP contribution is -2.28. The van der Waals surface area contributed by atoms with E-state index in [9.17, 15) is 4.57 Å². The molecule has 2 aliphatic rings. The minimum atomic E-state index is -2.37. The zero-order chi connectivity index (χ0) is 15.4. The van der Waals surface area contributed by atoms with E-state index in [2.05, 4.69) is 0 Å². The van der Waals surface area contributed by atoms with E-state index in [0.29, 0.717) is 12.8 Å². The Balaban J connectivity index is 1.75. The fourth-order valence-electron chi connectivity index (χ4n) is 2.44. The Morgan fingerprint density at radius 2 is 1.81 bits per heavy atom. The topological polar surface area (TPSA) is 83.5 Å². The molecular weight excluding hydrogens is 297 g/mol. The lowest BCUT2D eigenvalue weighted by molar-refractivity contribution is -0.0225.